The van der Waals surface area contributed by atoms with Crippen molar-refractivity contribution >= 4 is 17.8 Å². The average molecular weight is 446 g/mol. The molecule has 9 heteroatoms. The summed E-state index contributed by atoms with van der Waals surface area (Å²) < 4.78 is 2.09. The van der Waals surface area contributed by atoms with Gasteiger partial charge in [0.05, 0.1) is 12.2 Å². The average Bonchev–Trinajstić information content (AvgIpc) is 3.05. The van der Waals surface area contributed by atoms with Crippen LogP contribution in [0, 0.1) is 0 Å². The molecular weight excluding hydrogens is 418 g/mol. The lowest BCUT2D eigenvalue weighted by Crippen LogP contribution is -2.46. The van der Waals surface area contributed by atoms with Crippen LogP contribution in [0.4, 0.5) is 5.95 Å². The Bertz CT molecular complexity index is 1160. The maximum atomic E-state index is 13.4. The van der Waals surface area contributed by atoms with Gasteiger partial charge in [0.2, 0.25) is 11.9 Å². The van der Waals surface area contributed by atoms with Gasteiger partial charge in [0, 0.05) is 38.1 Å². The zero-order valence-corrected chi connectivity index (χ0v) is 18.8. The van der Waals surface area contributed by atoms with Crippen molar-refractivity contribution in [3.8, 4) is 11.4 Å². The molecule has 0 saturated carbocycles. The first-order valence-corrected chi connectivity index (χ1v) is 10.8. The number of imidazole rings is 1. The second-order valence-electron chi connectivity index (χ2n) is 7.94. The minimum atomic E-state index is -0.848. The van der Waals surface area contributed by atoms with Crippen LogP contribution in [0.1, 0.15) is 29.5 Å². The molecule has 0 unspecified atom stereocenters. The molecule has 0 radical (unpaired) electrons. The van der Waals surface area contributed by atoms with Crippen LogP contribution < -0.4 is 15.5 Å². The van der Waals surface area contributed by atoms with Crippen molar-refractivity contribution in [2.75, 3.05) is 18.5 Å². The highest BCUT2D eigenvalue weighted by Gasteiger charge is 2.30. The van der Waals surface area contributed by atoms with Gasteiger partial charge >= 0.3 is 0 Å². The number of hydrogen-bond acceptors (Lipinski definition) is 6. The van der Waals surface area contributed by atoms with Crippen LogP contribution in [-0.4, -0.2) is 51.0 Å². The Morgan fingerprint density at radius 3 is 2.48 bits per heavy atom. The number of nitrogens with zero attached hydrogens (tertiary/aromatic N) is 5. The third-order valence-corrected chi connectivity index (χ3v) is 5.58. The van der Waals surface area contributed by atoms with Crippen molar-refractivity contribution in [1.82, 2.24) is 30.2 Å². The molecule has 4 rings (SSSR count). The van der Waals surface area contributed by atoms with E-state index in [-0.39, 0.29) is 11.6 Å². The smallest absolute Gasteiger partial charge is 0.272 e. The zero-order chi connectivity index (χ0) is 23.4. The van der Waals surface area contributed by atoms with Crippen molar-refractivity contribution in [2.45, 2.75) is 32.5 Å². The number of rotatable bonds is 6. The number of carbonyl (C=O) groups excluding carboxylic acids is 2. The predicted molar refractivity (Wildman–Crippen MR) is 125 cm³/mol. The Balaban J connectivity index is 1.77. The van der Waals surface area contributed by atoms with E-state index in [4.69, 9.17) is 4.98 Å². The molecule has 1 aromatic carbocycles. The van der Waals surface area contributed by atoms with Gasteiger partial charge in [-0.25, -0.2) is 15.0 Å². The van der Waals surface area contributed by atoms with Crippen LogP contribution >= 0.6 is 0 Å². The fraction of sp³-hybridized carbons (Fsp3) is 0.292. The lowest BCUT2D eigenvalue weighted by molar-refractivity contribution is -0.121. The fourth-order valence-electron chi connectivity index (χ4n) is 3.94. The van der Waals surface area contributed by atoms with Gasteiger partial charge in [-0.2, -0.15) is 0 Å². The van der Waals surface area contributed by atoms with Crippen LogP contribution in [0.5, 0.6) is 0 Å². The van der Waals surface area contributed by atoms with Gasteiger partial charge in [-0.1, -0.05) is 36.9 Å². The van der Waals surface area contributed by atoms with Crippen molar-refractivity contribution in [1.29, 1.82) is 0 Å². The highest BCUT2D eigenvalue weighted by molar-refractivity contribution is 5.98. The molecule has 2 aromatic heterocycles. The number of fused-ring (bicyclic) bond motifs is 1. The molecule has 2 N–H and O–H groups in total. The first-order chi connectivity index (χ1) is 16.0. The van der Waals surface area contributed by atoms with Crippen LogP contribution in [0.15, 0.2) is 60.9 Å². The van der Waals surface area contributed by atoms with Crippen molar-refractivity contribution in [2.24, 2.45) is 0 Å². The third-order valence-electron chi connectivity index (χ3n) is 5.58. The van der Waals surface area contributed by atoms with Crippen LogP contribution in [-0.2, 0) is 17.9 Å². The Morgan fingerprint density at radius 1 is 1.09 bits per heavy atom. The lowest BCUT2D eigenvalue weighted by atomic mass is 10.1. The molecule has 0 aliphatic carbocycles. The highest BCUT2D eigenvalue weighted by atomic mass is 16.2. The lowest BCUT2D eigenvalue weighted by Gasteiger charge is -2.20. The molecule has 33 heavy (non-hydrogen) atoms. The van der Waals surface area contributed by atoms with Crippen molar-refractivity contribution < 1.29 is 9.59 Å². The van der Waals surface area contributed by atoms with Gasteiger partial charge in [-0.05, 0) is 25.0 Å². The molecule has 3 aromatic rings. The number of carbonyl (C=O) groups is 2. The Hall–Kier alpha value is -4.01. The van der Waals surface area contributed by atoms with E-state index in [0.717, 1.165) is 30.0 Å². The number of anilines is 1. The van der Waals surface area contributed by atoms with Gasteiger partial charge in [0.15, 0.2) is 5.69 Å². The second kappa shape index (κ2) is 9.64. The van der Waals surface area contributed by atoms with Crippen molar-refractivity contribution in [3.63, 3.8) is 0 Å². The summed E-state index contributed by atoms with van der Waals surface area (Å²) in [7, 11) is 1.53. The second-order valence-corrected chi connectivity index (χ2v) is 7.94. The molecule has 0 spiro atoms. The van der Waals surface area contributed by atoms with Crippen LogP contribution in [0.25, 0.3) is 11.4 Å². The van der Waals surface area contributed by atoms with Gasteiger partial charge in [-0.3, -0.25) is 9.59 Å². The van der Waals surface area contributed by atoms with E-state index in [1.54, 1.807) is 25.4 Å². The number of aromatic nitrogens is 4. The van der Waals surface area contributed by atoms with Gasteiger partial charge in [0.25, 0.3) is 5.91 Å². The van der Waals surface area contributed by atoms with Crippen molar-refractivity contribution in [3.05, 3.63) is 72.3 Å². The summed E-state index contributed by atoms with van der Waals surface area (Å²) in [5.41, 5.74) is 2.50. The fourth-order valence-corrected chi connectivity index (χ4v) is 3.94. The van der Waals surface area contributed by atoms with E-state index >= 15 is 0 Å². The predicted octanol–water partition coefficient (Wildman–Crippen LogP) is 2.17. The number of hydrogen-bond donors (Lipinski definition) is 2. The van der Waals surface area contributed by atoms with E-state index in [1.165, 1.54) is 7.05 Å². The quantitative estimate of drug-likeness (QED) is 0.564. The number of nitrogens with one attached hydrogen (secondary N) is 2. The van der Waals surface area contributed by atoms with E-state index in [1.807, 2.05) is 35.2 Å². The molecular formula is C24H27N7O2. The Morgan fingerprint density at radius 2 is 1.82 bits per heavy atom. The van der Waals surface area contributed by atoms with E-state index in [9.17, 15) is 9.59 Å². The largest absolute Gasteiger partial charge is 0.357 e. The summed E-state index contributed by atoms with van der Waals surface area (Å²) in [6, 6.07) is 10.7. The summed E-state index contributed by atoms with van der Waals surface area (Å²) in [5.74, 6) is 0.570. The first-order valence-electron chi connectivity index (χ1n) is 10.8. The number of likely N-dealkylation sites (N-methyl/N-ethyl adjacent to an activating group) is 1. The van der Waals surface area contributed by atoms with Gasteiger partial charge < -0.3 is 20.1 Å². The minimum Gasteiger partial charge on any atom is -0.357 e. The maximum absolute atomic E-state index is 13.4. The Kier molecular flexibility index (Phi) is 6.48. The molecule has 3 heterocycles. The zero-order valence-electron chi connectivity index (χ0n) is 18.8. The first kappa shape index (κ1) is 22.2. The van der Waals surface area contributed by atoms with Crippen LogP contribution in [0.3, 0.4) is 0 Å². The topological polar surface area (TPSA) is 105 Å². The molecule has 0 saturated heterocycles. The normalized spacial score (nSPS) is 14.1. The third kappa shape index (κ3) is 4.62. The molecule has 2 amide bonds. The van der Waals surface area contributed by atoms with E-state index in [0.29, 0.717) is 24.6 Å². The van der Waals surface area contributed by atoms with Crippen LogP contribution in [0.2, 0.25) is 0 Å². The monoisotopic (exact) mass is 445 g/mol. The number of amides is 2. The summed E-state index contributed by atoms with van der Waals surface area (Å²) in [4.78, 5) is 41.2. The minimum absolute atomic E-state index is 0.284. The molecule has 1 aliphatic rings. The molecule has 170 valence electrons. The summed E-state index contributed by atoms with van der Waals surface area (Å²) in [6.07, 6.45) is 4.25. The maximum Gasteiger partial charge on any atom is 0.272 e. The molecule has 0 fully saturated rings. The van der Waals surface area contributed by atoms with E-state index in [2.05, 4.69) is 31.7 Å². The molecule has 9 nitrogen and oxygen atoms in total. The number of benzene rings is 1. The SMILES string of the molecule is C=C(C)[C@H](NC(=O)c1nc(-c2ccccc2)n2c1CN(c1ncccn1)CCC2)C(=O)NC. The summed E-state index contributed by atoms with van der Waals surface area (Å²) >= 11 is 0. The van der Waals surface area contributed by atoms with E-state index < -0.39 is 11.9 Å². The van der Waals surface area contributed by atoms with Gasteiger partial charge in [0.1, 0.15) is 11.9 Å². The highest BCUT2D eigenvalue weighted by Crippen LogP contribution is 2.27. The summed E-state index contributed by atoms with van der Waals surface area (Å²) in [5, 5.41) is 5.37. The molecule has 1 aliphatic heterocycles. The molecule has 0 bridgehead atoms. The Labute approximate surface area is 192 Å². The van der Waals surface area contributed by atoms with Gasteiger partial charge in [-0.15, -0.1) is 0 Å². The summed E-state index contributed by atoms with van der Waals surface area (Å²) in [6.45, 7) is 7.42. The molecule has 1 atom stereocenters. The standard InChI is InChI=1S/C24H27N7O2/c1-16(2)19(22(32)25-3)29-23(33)20-18-15-30(24-26-11-7-12-27-24)13-8-14-31(18)21(28-20)17-9-5-4-6-10-17/h4-7,9-12,19H,1,8,13-15H2,2-3H3,(H,25,32)(H,29,33)/t19-/m0/s1.